The maximum Gasteiger partial charge on any atom is 0.406 e. The van der Waals surface area contributed by atoms with Crippen LogP contribution in [0.4, 0.5) is 13.2 Å². The number of halogens is 3. The van der Waals surface area contributed by atoms with Gasteiger partial charge in [-0.25, -0.2) is 0 Å². The first-order valence-corrected chi connectivity index (χ1v) is 7.24. The van der Waals surface area contributed by atoms with Gasteiger partial charge in [0.15, 0.2) is 0 Å². The number of carbonyl (C=O) groups excluding carboxylic acids is 1. The van der Waals surface area contributed by atoms with Crippen molar-refractivity contribution in [1.29, 1.82) is 0 Å². The first-order valence-electron chi connectivity index (χ1n) is 6.08. The van der Waals surface area contributed by atoms with Gasteiger partial charge in [0, 0.05) is 17.9 Å². The van der Waals surface area contributed by atoms with Gasteiger partial charge in [-0.1, -0.05) is 5.16 Å². The highest BCUT2D eigenvalue weighted by molar-refractivity contribution is 7.99. The highest BCUT2D eigenvalue weighted by atomic mass is 32.2. The Labute approximate surface area is 119 Å². The lowest BCUT2D eigenvalue weighted by Crippen LogP contribution is -2.39. The average Bonchev–Trinajstić information content (AvgIpc) is 2.66. The van der Waals surface area contributed by atoms with Crippen LogP contribution in [0.5, 0.6) is 0 Å². The Hall–Kier alpha value is -1.18. The van der Waals surface area contributed by atoms with Crippen LogP contribution in [0.3, 0.4) is 0 Å². The topological polar surface area (TPSA) is 46.3 Å². The molecule has 0 saturated carbocycles. The standard InChI is InChI=1S/C12H17F3N2O2S/c1-4-17(7-12(13,14)15)11(18)6-20-5-10-8(2)16-19-9(10)3/h4-7H2,1-3H3. The van der Waals surface area contributed by atoms with Gasteiger partial charge < -0.3 is 9.42 Å². The molecule has 0 bridgehead atoms. The van der Waals surface area contributed by atoms with Crippen LogP contribution in [0.25, 0.3) is 0 Å². The molecule has 114 valence electrons. The van der Waals surface area contributed by atoms with E-state index >= 15 is 0 Å². The van der Waals surface area contributed by atoms with Crippen molar-refractivity contribution < 1.29 is 22.5 Å². The van der Waals surface area contributed by atoms with E-state index in [1.54, 1.807) is 13.8 Å². The molecule has 0 aliphatic heterocycles. The predicted molar refractivity (Wildman–Crippen MR) is 70.4 cm³/mol. The number of carbonyl (C=O) groups is 1. The maximum absolute atomic E-state index is 12.3. The van der Waals surface area contributed by atoms with Gasteiger partial charge in [0.2, 0.25) is 5.91 Å². The summed E-state index contributed by atoms with van der Waals surface area (Å²) in [5.41, 5.74) is 1.63. The molecule has 1 rings (SSSR count). The molecular formula is C12H17F3N2O2S. The van der Waals surface area contributed by atoms with Crippen LogP contribution < -0.4 is 0 Å². The summed E-state index contributed by atoms with van der Waals surface area (Å²) in [6.07, 6.45) is -4.36. The smallest absolute Gasteiger partial charge is 0.361 e. The third-order valence-electron chi connectivity index (χ3n) is 2.76. The summed E-state index contributed by atoms with van der Waals surface area (Å²) in [6, 6.07) is 0. The minimum absolute atomic E-state index is 0.00792. The van der Waals surface area contributed by atoms with Crippen molar-refractivity contribution in [3.8, 4) is 0 Å². The number of amides is 1. The zero-order valence-corrected chi connectivity index (χ0v) is 12.4. The molecule has 0 aromatic carbocycles. The Kier molecular flexibility index (Phi) is 5.91. The Balaban J connectivity index is 2.46. The van der Waals surface area contributed by atoms with E-state index in [1.165, 1.54) is 18.7 Å². The fraction of sp³-hybridized carbons (Fsp3) is 0.667. The molecule has 0 spiro atoms. The fourth-order valence-corrected chi connectivity index (χ4v) is 2.71. The van der Waals surface area contributed by atoms with Crippen LogP contribution in [0, 0.1) is 13.8 Å². The summed E-state index contributed by atoms with van der Waals surface area (Å²) >= 11 is 1.26. The molecule has 20 heavy (non-hydrogen) atoms. The van der Waals surface area contributed by atoms with Gasteiger partial charge in [0.1, 0.15) is 12.3 Å². The summed E-state index contributed by atoms with van der Waals surface area (Å²) in [5, 5.41) is 3.78. The number of hydrogen-bond donors (Lipinski definition) is 0. The number of alkyl halides is 3. The van der Waals surface area contributed by atoms with Gasteiger partial charge in [-0.05, 0) is 20.8 Å². The second-order valence-corrected chi connectivity index (χ2v) is 5.30. The minimum Gasteiger partial charge on any atom is -0.361 e. The minimum atomic E-state index is -4.36. The predicted octanol–water partition coefficient (Wildman–Crippen LogP) is 2.94. The molecule has 0 N–H and O–H groups in total. The third kappa shape index (κ3) is 5.07. The number of hydrogen-bond acceptors (Lipinski definition) is 4. The largest absolute Gasteiger partial charge is 0.406 e. The number of aryl methyl sites for hydroxylation is 2. The van der Waals surface area contributed by atoms with Gasteiger partial charge >= 0.3 is 6.18 Å². The van der Waals surface area contributed by atoms with Gasteiger partial charge in [-0.3, -0.25) is 4.79 Å². The van der Waals surface area contributed by atoms with Crippen LogP contribution in [0.1, 0.15) is 23.9 Å². The zero-order valence-electron chi connectivity index (χ0n) is 11.6. The maximum atomic E-state index is 12.3. The Morgan fingerprint density at radius 1 is 1.40 bits per heavy atom. The lowest BCUT2D eigenvalue weighted by atomic mass is 10.2. The summed E-state index contributed by atoms with van der Waals surface area (Å²) in [4.78, 5) is 12.5. The molecular weight excluding hydrogens is 293 g/mol. The van der Waals surface area contributed by atoms with Crippen LogP contribution in [0.2, 0.25) is 0 Å². The number of nitrogens with zero attached hydrogens (tertiary/aromatic N) is 2. The van der Waals surface area contributed by atoms with E-state index in [0.717, 1.165) is 16.2 Å². The molecule has 0 fully saturated rings. The number of rotatable bonds is 6. The lowest BCUT2D eigenvalue weighted by molar-refractivity contribution is -0.159. The van der Waals surface area contributed by atoms with Crippen LogP contribution >= 0.6 is 11.8 Å². The van der Waals surface area contributed by atoms with Crippen molar-refractivity contribution >= 4 is 17.7 Å². The van der Waals surface area contributed by atoms with E-state index in [0.29, 0.717) is 11.5 Å². The monoisotopic (exact) mass is 310 g/mol. The van der Waals surface area contributed by atoms with Gasteiger partial charge in [0.05, 0.1) is 11.4 Å². The molecule has 4 nitrogen and oxygen atoms in total. The van der Waals surface area contributed by atoms with Crippen LogP contribution in [0.15, 0.2) is 4.52 Å². The Morgan fingerprint density at radius 2 is 2.05 bits per heavy atom. The number of thioether (sulfide) groups is 1. The molecule has 0 atom stereocenters. The highest BCUT2D eigenvalue weighted by Crippen LogP contribution is 2.21. The van der Waals surface area contributed by atoms with E-state index in [9.17, 15) is 18.0 Å². The van der Waals surface area contributed by atoms with E-state index < -0.39 is 18.6 Å². The van der Waals surface area contributed by atoms with Crippen LogP contribution in [-0.2, 0) is 10.5 Å². The second-order valence-electron chi connectivity index (χ2n) is 4.32. The van der Waals surface area contributed by atoms with Gasteiger partial charge in [0.25, 0.3) is 0 Å². The quantitative estimate of drug-likeness (QED) is 0.810. The van der Waals surface area contributed by atoms with E-state index in [1.807, 2.05) is 0 Å². The normalized spacial score (nSPS) is 11.7. The molecule has 0 aliphatic rings. The Bertz CT molecular complexity index is 441. The van der Waals surface area contributed by atoms with E-state index in [-0.39, 0.29) is 12.3 Å². The molecule has 0 radical (unpaired) electrons. The first-order chi connectivity index (χ1) is 9.24. The van der Waals surface area contributed by atoms with E-state index in [4.69, 9.17) is 4.52 Å². The Morgan fingerprint density at radius 3 is 2.50 bits per heavy atom. The SMILES string of the molecule is CCN(CC(F)(F)F)C(=O)CSCc1c(C)noc1C. The molecule has 0 aliphatic carbocycles. The lowest BCUT2D eigenvalue weighted by Gasteiger charge is -2.22. The van der Waals surface area contributed by atoms with Gasteiger partial charge in [-0.2, -0.15) is 13.2 Å². The molecule has 1 aromatic rings. The van der Waals surface area contributed by atoms with Crippen molar-refractivity contribution in [1.82, 2.24) is 10.1 Å². The second kappa shape index (κ2) is 7.01. The van der Waals surface area contributed by atoms with Crippen molar-refractivity contribution in [3.63, 3.8) is 0 Å². The molecule has 1 amide bonds. The first kappa shape index (κ1) is 16.9. The summed E-state index contributed by atoms with van der Waals surface area (Å²) in [7, 11) is 0. The molecule has 0 saturated heterocycles. The molecule has 1 heterocycles. The molecule has 0 unspecified atom stereocenters. The van der Waals surface area contributed by atoms with Crippen molar-refractivity contribution in [2.24, 2.45) is 0 Å². The zero-order chi connectivity index (χ0) is 15.3. The molecule has 1 aromatic heterocycles. The van der Waals surface area contributed by atoms with Crippen molar-refractivity contribution in [3.05, 3.63) is 17.0 Å². The number of aromatic nitrogens is 1. The van der Waals surface area contributed by atoms with Crippen molar-refractivity contribution in [2.45, 2.75) is 32.7 Å². The summed E-state index contributed by atoms with van der Waals surface area (Å²) in [5.74, 6) is 0.663. The summed E-state index contributed by atoms with van der Waals surface area (Å²) < 4.78 is 41.8. The van der Waals surface area contributed by atoms with E-state index in [2.05, 4.69) is 5.16 Å². The average molecular weight is 310 g/mol. The highest BCUT2D eigenvalue weighted by Gasteiger charge is 2.32. The third-order valence-corrected chi connectivity index (χ3v) is 3.70. The van der Waals surface area contributed by atoms with Crippen molar-refractivity contribution in [2.75, 3.05) is 18.8 Å². The fourth-order valence-electron chi connectivity index (χ4n) is 1.63. The van der Waals surface area contributed by atoms with Crippen LogP contribution in [-0.4, -0.2) is 41.0 Å². The van der Waals surface area contributed by atoms with Gasteiger partial charge in [-0.15, -0.1) is 11.8 Å². The summed E-state index contributed by atoms with van der Waals surface area (Å²) in [6.45, 7) is 3.93. The molecule has 8 heteroatoms.